The Morgan fingerprint density at radius 1 is 0.708 bits per heavy atom. The number of ether oxygens (including phenoxy) is 2. The lowest BCUT2D eigenvalue weighted by molar-refractivity contribution is 0.0516. The quantitative estimate of drug-likeness (QED) is 0.590. The highest BCUT2D eigenvalue weighted by Gasteiger charge is 2.05. The molecule has 0 aliphatic carbocycles. The second-order valence-corrected chi connectivity index (χ2v) is 5.02. The smallest absolute Gasteiger partial charge is 0.338 e. The van der Waals surface area contributed by atoms with Gasteiger partial charge in [0.15, 0.2) is 0 Å². The second kappa shape index (κ2) is 8.67. The Morgan fingerprint density at radius 3 is 1.33 bits per heavy atom. The van der Waals surface area contributed by atoms with E-state index < -0.39 is 0 Å². The fraction of sp³-hybridized carbons (Fsp3) is 0.200. The number of esters is 2. The number of hydrogen-bond acceptors (Lipinski definition) is 4. The van der Waals surface area contributed by atoms with E-state index in [-0.39, 0.29) is 11.9 Å². The minimum atomic E-state index is -0.317. The molecule has 0 saturated carbocycles. The SMILES string of the molecule is CCOC(=O)c1ccc(/C=C\c2ccc(C(=O)OCC)cc2)cc1. The fourth-order valence-corrected chi connectivity index (χ4v) is 2.08. The number of carbonyl (C=O) groups is 2. The van der Waals surface area contributed by atoms with Crippen LogP contribution < -0.4 is 0 Å². The molecule has 0 saturated heterocycles. The first-order valence-electron chi connectivity index (χ1n) is 7.86. The summed E-state index contributed by atoms with van der Waals surface area (Å²) in [5, 5.41) is 0. The Hall–Kier alpha value is -2.88. The van der Waals surface area contributed by atoms with Gasteiger partial charge in [0, 0.05) is 0 Å². The van der Waals surface area contributed by atoms with Gasteiger partial charge in [-0.2, -0.15) is 0 Å². The van der Waals surface area contributed by atoms with Crippen molar-refractivity contribution in [2.24, 2.45) is 0 Å². The molecule has 0 spiro atoms. The molecular formula is C20H20O4. The van der Waals surface area contributed by atoms with Gasteiger partial charge in [-0.3, -0.25) is 0 Å². The number of hydrogen-bond donors (Lipinski definition) is 0. The van der Waals surface area contributed by atoms with Crippen molar-refractivity contribution in [3.05, 3.63) is 70.8 Å². The van der Waals surface area contributed by atoms with Crippen LogP contribution in [0.5, 0.6) is 0 Å². The Balaban J connectivity index is 2.02. The normalized spacial score (nSPS) is 10.6. The highest BCUT2D eigenvalue weighted by atomic mass is 16.5. The summed E-state index contributed by atoms with van der Waals surface area (Å²) in [5.41, 5.74) is 3.01. The van der Waals surface area contributed by atoms with E-state index in [4.69, 9.17) is 9.47 Å². The van der Waals surface area contributed by atoms with Crippen molar-refractivity contribution < 1.29 is 19.1 Å². The van der Waals surface area contributed by atoms with E-state index in [0.29, 0.717) is 24.3 Å². The predicted octanol–water partition coefficient (Wildman–Crippen LogP) is 4.21. The maximum absolute atomic E-state index is 11.6. The number of carbonyl (C=O) groups excluding carboxylic acids is 2. The summed E-state index contributed by atoms with van der Waals surface area (Å²) >= 11 is 0. The minimum absolute atomic E-state index is 0.317. The molecule has 4 nitrogen and oxygen atoms in total. The second-order valence-electron chi connectivity index (χ2n) is 5.02. The zero-order valence-corrected chi connectivity index (χ0v) is 13.8. The van der Waals surface area contributed by atoms with Crippen LogP contribution in [-0.4, -0.2) is 25.2 Å². The van der Waals surface area contributed by atoms with Gasteiger partial charge in [-0.1, -0.05) is 36.4 Å². The molecule has 2 aromatic rings. The van der Waals surface area contributed by atoms with Crippen LogP contribution in [-0.2, 0) is 9.47 Å². The van der Waals surface area contributed by atoms with E-state index in [2.05, 4.69) is 0 Å². The van der Waals surface area contributed by atoms with Gasteiger partial charge < -0.3 is 9.47 Å². The summed E-state index contributed by atoms with van der Waals surface area (Å²) in [6.45, 7) is 4.29. The van der Waals surface area contributed by atoms with Crippen molar-refractivity contribution in [1.82, 2.24) is 0 Å². The number of rotatable bonds is 6. The third kappa shape index (κ3) is 4.81. The van der Waals surface area contributed by atoms with Crippen LogP contribution in [0.1, 0.15) is 45.7 Å². The molecule has 0 aliphatic heterocycles. The van der Waals surface area contributed by atoms with Crippen LogP contribution in [0.2, 0.25) is 0 Å². The Bertz CT molecular complexity index is 649. The highest BCUT2D eigenvalue weighted by molar-refractivity contribution is 5.90. The van der Waals surface area contributed by atoms with E-state index in [9.17, 15) is 9.59 Å². The molecule has 0 fully saturated rings. The molecule has 2 aromatic carbocycles. The van der Waals surface area contributed by atoms with Gasteiger partial charge in [0.05, 0.1) is 24.3 Å². The molecule has 4 heteroatoms. The monoisotopic (exact) mass is 324 g/mol. The first-order chi connectivity index (χ1) is 11.6. The molecule has 0 heterocycles. The largest absolute Gasteiger partial charge is 0.462 e. The molecule has 0 aromatic heterocycles. The Labute approximate surface area is 141 Å². The summed E-state index contributed by atoms with van der Waals surface area (Å²) in [7, 11) is 0. The molecule has 0 unspecified atom stereocenters. The molecule has 0 atom stereocenters. The molecule has 0 bridgehead atoms. The van der Waals surface area contributed by atoms with Gasteiger partial charge in [-0.25, -0.2) is 9.59 Å². The summed E-state index contributed by atoms with van der Waals surface area (Å²) in [5.74, 6) is -0.634. The third-order valence-electron chi connectivity index (χ3n) is 3.31. The van der Waals surface area contributed by atoms with Gasteiger partial charge in [0.1, 0.15) is 0 Å². The van der Waals surface area contributed by atoms with E-state index in [1.54, 1.807) is 38.1 Å². The predicted molar refractivity (Wildman–Crippen MR) is 93.7 cm³/mol. The van der Waals surface area contributed by atoms with E-state index >= 15 is 0 Å². The summed E-state index contributed by atoms with van der Waals surface area (Å²) < 4.78 is 9.90. The summed E-state index contributed by atoms with van der Waals surface area (Å²) in [6, 6.07) is 14.4. The van der Waals surface area contributed by atoms with Crippen molar-refractivity contribution in [3.63, 3.8) is 0 Å². The molecule has 2 rings (SSSR count). The van der Waals surface area contributed by atoms with Crippen molar-refractivity contribution in [1.29, 1.82) is 0 Å². The molecule has 0 amide bonds. The van der Waals surface area contributed by atoms with Crippen LogP contribution in [0.25, 0.3) is 12.2 Å². The molecule has 0 aliphatic rings. The molecule has 24 heavy (non-hydrogen) atoms. The Morgan fingerprint density at radius 2 is 1.04 bits per heavy atom. The van der Waals surface area contributed by atoms with Crippen LogP contribution >= 0.6 is 0 Å². The van der Waals surface area contributed by atoms with Crippen LogP contribution in [0, 0.1) is 0 Å². The average molecular weight is 324 g/mol. The lowest BCUT2D eigenvalue weighted by atomic mass is 10.1. The number of benzene rings is 2. The van der Waals surface area contributed by atoms with Gasteiger partial charge >= 0.3 is 11.9 Å². The zero-order valence-electron chi connectivity index (χ0n) is 13.8. The zero-order chi connectivity index (χ0) is 17.4. The van der Waals surface area contributed by atoms with Gasteiger partial charge in [-0.05, 0) is 49.2 Å². The molecular weight excluding hydrogens is 304 g/mol. The van der Waals surface area contributed by atoms with Crippen LogP contribution in [0.4, 0.5) is 0 Å². The van der Waals surface area contributed by atoms with Crippen LogP contribution in [0.3, 0.4) is 0 Å². The van der Waals surface area contributed by atoms with Crippen molar-refractivity contribution >= 4 is 24.1 Å². The van der Waals surface area contributed by atoms with Gasteiger partial charge in [0.2, 0.25) is 0 Å². The minimum Gasteiger partial charge on any atom is -0.462 e. The van der Waals surface area contributed by atoms with Crippen molar-refractivity contribution in [2.45, 2.75) is 13.8 Å². The maximum atomic E-state index is 11.6. The van der Waals surface area contributed by atoms with E-state index in [0.717, 1.165) is 11.1 Å². The average Bonchev–Trinajstić information content (AvgIpc) is 2.61. The first-order valence-corrected chi connectivity index (χ1v) is 7.86. The lowest BCUT2D eigenvalue weighted by Crippen LogP contribution is -2.04. The Kier molecular flexibility index (Phi) is 6.32. The van der Waals surface area contributed by atoms with Crippen molar-refractivity contribution in [2.75, 3.05) is 13.2 Å². The van der Waals surface area contributed by atoms with E-state index in [1.807, 2.05) is 36.4 Å². The standard InChI is InChI=1S/C20H20O4/c1-3-23-19(21)17-11-7-15(8-12-17)5-6-16-9-13-18(14-10-16)20(22)24-4-2/h5-14H,3-4H2,1-2H3/b6-5-. The van der Waals surface area contributed by atoms with E-state index in [1.165, 1.54) is 0 Å². The fourth-order valence-electron chi connectivity index (χ4n) is 2.08. The highest BCUT2D eigenvalue weighted by Crippen LogP contribution is 2.12. The topological polar surface area (TPSA) is 52.6 Å². The van der Waals surface area contributed by atoms with Gasteiger partial charge in [-0.15, -0.1) is 0 Å². The third-order valence-corrected chi connectivity index (χ3v) is 3.31. The summed E-state index contributed by atoms with van der Waals surface area (Å²) in [4.78, 5) is 23.2. The van der Waals surface area contributed by atoms with Crippen LogP contribution in [0.15, 0.2) is 48.5 Å². The maximum Gasteiger partial charge on any atom is 0.338 e. The molecule has 0 N–H and O–H groups in total. The molecule has 124 valence electrons. The molecule has 0 radical (unpaired) electrons. The summed E-state index contributed by atoms with van der Waals surface area (Å²) in [6.07, 6.45) is 3.88. The van der Waals surface area contributed by atoms with Crippen molar-refractivity contribution in [3.8, 4) is 0 Å². The first kappa shape index (κ1) is 17.5. The lowest BCUT2D eigenvalue weighted by Gasteiger charge is -2.02. The van der Waals surface area contributed by atoms with Gasteiger partial charge in [0.25, 0.3) is 0 Å².